The molecular formula is C19H25F3N2O4. The number of amides is 1. The number of carbonyl (C=O) groups is 2. The molecule has 1 spiro atoms. The number of halogens is 3. The maximum absolute atomic E-state index is 11.5. The number of ether oxygens (including phenoxy) is 1. The summed E-state index contributed by atoms with van der Waals surface area (Å²) in [5.74, 6) is -1.62. The van der Waals surface area contributed by atoms with E-state index in [1.54, 1.807) is 7.11 Å². The van der Waals surface area contributed by atoms with Gasteiger partial charge in [0.2, 0.25) is 5.91 Å². The van der Waals surface area contributed by atoms with Crippen LogP contribution in [-0.4, -0.2) is 53.8 Å². The second kappa shape index (κ2) is 9.27. The van der Waals surface area contributed by atoms with E-state index >= 15 is 0 Å². The molecule has 2 fully saturated rings. The van der Waals surface area contributed by atoms with Crippen molar-refractivity contribution in [3.05, 3.63) is 29.8 Å². The molecule has 3 rings (SSSR count). The molecule has 9 heteroatoms. The van der Waals surface area contributed by atoms with Crippen LogP contribution in [0.15, 0.2) is 24.3 Å². The molecule has 0 aromatic heterocycles. The third kappa shape index (κ3) is 6.40. The van der Waals surface area contributed by atoms with E-state index in [4.69, 9.17) is 14.6 Å². The molecule has 0 bridgehead atoms. The van der Waals surface area contributed by atoms with E-state index in [9.17, 15) is 18.0 Å². The van der Waals surface area contributed by atoms with Crippen LogP contribution in [0, 0.1) is 0 Å². The summed E-state index contributed by atoms with van der Waals surface area (Å²) in [4.78, 5) is 22.9. The minimum atomic E-state index is -5.08. The van der Waals surface area contributed by atoms with E-state index in [1.807, 2.05) is 12.1 Å². The van der Waals surface area contributed by atoms with Crippen molar-refractivity contribution in [2.45, 2.75) is 50.4 Å². The summed E-state index contributed by atoms with van der Waals surface area (Å²) in [7, 11) is 1.69. The van der Waals surface area contributed by atoms with Crippen molar-refractivity contribution >= 4 is 11.9 Å². The Balaban J connectivity index is 0.000000345. The fraction of sp³-hybridized carbons (Fsp3) is 0.579. The lowest BCUT2D eigenvalue weighted by molar-refractivity contribution is -0.192. The van der Waals surface area contributed by atoms with Crippen LogP contribution in [0.1, 0.15) is 37.7 Å². The van der Waals surface area contributed by atoms with Gasteiger partial charge in [0, 0.05) is 25.0 Å². The molecule has 2 aliphatic heterocycles. The molecule has 2 aliphatic rings. The van der Waals surface area contributed by atoms with Crippen LogP contribution < -0.4 is 10.1 Å². The van der Waals surface area contributed by atoms with Gasteiger partial charge in [-0.25, -0.2) is 4.79 Å². The van der Waals surface area contributed by atoms with Gasteiger partial charge in [-0.1, -0.05) is 12.1 Å². The average molecular weight is 402 g/mol. The summed E-state index contributed by atoms with van der Waals surface area (Å²) in [6.45, 7) is 3.16. The number of carboxylic acid groups (broad SMARTS) is 1. The Morgan fingerprint density at radius 2 is 1.86 bits per heavy atom. The number of aliphatic carboxylic acids is 1. The number of nitrogens with one attached hydrogen (secondary N) is 1. The summed E-state index contributed by atoms with van der Waals surface area (Å²) in [6.07, 6.45) is 0.00384. The molecule has 28 heavy (non-hydrogen) atoms. The first kappa shape index (κ1) is 22.0. The molecule has 1 aromatic rings. The average Bonchev–Trinajstić information content (AvgIpc) is 2.89. The topological polar surface area (TPSA) is 78.9 Å². The van der Waals surface area contributed by atoms with E-state index in [0.29, 0.717) is 6.42 Å². The Kier molecular flexibility index (Phi) is 7.29. The number of carbonyl (C=O) groups excluding carboxylic acids is 1. The van der Waals surface area contributed by atoms with Gasteiger partial charge in [0.05, 0.1) is 7.11 Å². The van der Waals surface area contributed by atoms with Crippen LogP contribution >= 0.6 is 0 Å². The summed E-state index contributed by atoms with van der Waals surface area (Å²) in [6, 6.07) is 8.31. The standard InChI is InChI=1S/C17H24N2O2.C2HF3O2/c1-21-15-5-3-14(4-6-15)13-19-11-2-8-17(10-12-19)9-7-16(20)18-17;3-2(4,5)1(6)7/h3-6H,2,7-13H2,1H3,(H,18,20);(H,6,7). The molecule has 0 radical (unpaired) electrons. The number of methoxy groups -OCH3 is 1. The van der Waals surface area contributed by atoms with Gasteiger partial charge in [-0.05, 0) is 49.9 Å². The Hall–Kier alpha value is -2.29. The van der Waals surface area contributed by atoms with Gasteiger partial charge in [0.15, 0.2) is 0 Å². The molecule has 6 nitrogen and oxygen atoms in total. The zero-order valence-corrected chi connectivity index (χ0v) is 15.7. The highest BCUT2D eigenvalue weighted by molar-refractivity contribution is 5.79. The van der Waals surface area contributed by atoms with Gasteiger partial charge in [-0.3, -0.25) is 9.69 Å². The van der Waals surface area contributed by atoms with Crippen LogP contribution in [0.3, 0.4) is 0 Å². The highest BCUT2D eigenvalue weighted by atomic mass is 19.4. The van der Waals surface area contributed by atoms with Gasteiger partial charge in [0.25, 0.3) is 0 Å². The molecule has 0 aliphatic carbocycles. The van der Waals surface area contributed by atoms with Crippen LogP contribution in [0.5, 0.6) is 5.75 Å². The van der Waals surface area contributed by atoms with E-state index in [0.717, 1.165) is 51.1 Å². The predicted molar refractivity (Wildman–Crippen MR) is 95.9 cm³/mol. The molecule has 1 atom stereocenters. The zero-order valence-electron chi connectivity index (χ0n) is 15.7. The number of benzene rings is 1. The van der Waals surface area contributed by atoms with Gasteiger partial charge >= 0.3 is 12.1 Å². The molecule has 0 saturated carbocycles. The van der Waals surface area contributed by atoms with Crippen molar-refractivity contribution in [3.63, 3.8) is 0 Å². The van der Waals surface area contributed by atoms with Crippen molar-refractivity contribution < 1.29 is 32.6 Å². The van der Waals surface area contributed by atoms with Crippen molar-refractivity contribution in [1.29, 1.82) is 0 Å². The van der Waals surface area contributed by atoms with E-state index in [-0.39, 0.29) is 11.4 Å². The summed E-state index contributed by atoms with van der Waals surface area (Å²) >= 11 is 0. The van der Waals surface area contributed by atoms with Crippen LogP contribution in [0.2, 0.25) is 0 Å². The molecule has 2 heterocycles. The Labute approximate surface area is 161 Å². The van der Waals surface area contributed by atoms with Crippen molar-refractivity contribution in [2.24, 2.45) is 0 Å². The smallest absolute Gasteiger partial charge is 0.490 e. The lowest BCUT2D eigenvalue weighted by Gasteiger charge is -2.27. The first-order valence-electron chi connectivity index (χ1n) is 9.10. The maximum atomic E-state index is 11.5. The second-order valence-corrected chi connectivity index (χ2v) is 7.11. The minimum absolute atomic E-state index is 0.0890. The van der Waals surface area contributed by atoms with Crippen LogP contribution in [0.25, 0.3) is 0 Å². The minimum Gasteiger partial charge on any atom is -0.497 e. The predicted octanol–water partition coefficient (Wildman–Crippen LogP) is 2.96. The van der Waals surface area contributed by atoms with E-state index in [2.05, 4.69) is 22.3 Å². The Bertz CT molecular complexity index is 679. The number of nitrogens with zero attached hydrogens (tertiary/aromatic N) is 1. The molecule has 2 saturated heterocycles. The van der Waals surface area contributed by atoms with Crippen molar-refractivity contribution in [3.8, 4) is 5.75 Å². The highest BCUT2D eigenvalue weighted by Gasteiger charge is 2.39. The third-order valence-corrected chi connectivity index (χ3v) is 5.08. The lowest BCUT2D eigenvalue weighted by atomic mass is 9.89. The summed E-state index contributed by atoms with van der Waals surface area (Å²) in [5.41, 5.74) is 1.41. The number of alkyl halides is 3. The van der Waals surface area contributed by atoms with Crippen LogP contribution in [-0.2, 0) is 16.1 Å². The highest BCUT2D eigenvalue weighted by Crippen LogP contribution is 2.31. The number of rotatable bonds is 3. The Morgan fingerprint density at radius 3 is 2.36 bits per heavy atom. The quantitative estimate of drug-likeness (QED) is 0.813. The monoisotopic (exact) mass is 402 g/mol. The van der Waals surface area contributed by atoms with Gasteiger partial charge in [-0.2, -0.15) is 13.2 Å². The van der Waals surface area contributed by atoms with Crippen LogP contribution in [0.4, 0.5) is 13.2 Å². The van der Waals surface area contributed by atoms with Gasteiger partial charge in [-0.15, -0.1) is 0 Å². The van der Waals surface area contributed by atoms with Gasteiger partial charge < -0.3 is 15.2 Å². The SMILES string of the molecule is COc1ccc(CN2CCCC3(CCC(=O)N3)CC2)cc1.O=C(O)C(F)(F)F. The summed E-state index contributed by atoms with van der Waals surface area (Å²) in [5, 5.41) is 10.4. The zero-order chi connectivity index (χ0) is 20.8. The normalized spacial score (nSPS) is 22.8. The van der Waals surface area contributed by atoms with E-state index in [1.165, 1.54) is 5.56 Å². The van der Waals surface area contributed by atoms with Gasteiger partial charge in [0.1, 0.15) is 5.75 Å². The first-order chi connectivity index (χ1) is 13.1. The number of carboxylic acids is 1. The van der Waals surface area contributed by atoms with E-state index < -0.39 is 12.1 Å². The molecule has 156 valence electrons. The fourth-order valence-electron chi connectivity index (χ4n) is 3.55. The summed E-state index contributed by atoms with van der Waals surface area (Å²) < 4.78 is 36.9. The van der Waals surface area contributed by atoms with Crippen molar-refractivity contribution in [1.82, 2.24) is 10.2 Å². The molecule has 1 unspecified atom stereocenters. The Morgan fingerprint density at radius 1 is 1.21 bits per heavy atom. The number of hydrogen-bond donors (Lipinski definition) is 2. The number of likely N-dealkylation sites (tertiary alicyclic amines) is 1. The lowest BCUT2D eigenvalue weighted by Crippen LogP contribution is -2.42. The third-order valence-electron chi connectivity index (χ3n) is 5.08. The molecular weight excluding hydrogens is 377 g/mol. The second-order valence-electron chi connectivity index (χ2n) is 7.11. The fourth-order valence-corrected chi connectivity index (χ4v) is 3.55. The molecule has 1 amide bonds. The van der Waals surface area contributed by atoms with Crippen molar-refractivity contribution in [2.75, 3.05) is 20.2 Å². The maximum Gasteiger partial charge on any atom is 0.490 e. The molecule has 2 N–H and O–H groups in total. The first-order valence-corrected chi connectivity index (χ1v) is 9.10. The number of hydrogen-bond acceptors (Lipinski definition) is 4. The molecule has 1 aromatic carbocycles. The largest absolute Gasteiger partial charge is 0.497 e.